The summed E-state index contributed by atoms with van der Waals surface area (Å²) in [5, 5.41) is 0. The van der Waals surface area contributed by atoms with Crippen LogP contribution in [0.25, 0.3) is 0 Å². The van der Waals surface area contributed by atoms with Gasteiger partial charge in [-0.25, -0.2) is 9.97 Å². The minimum atomic E-state index is 0. The fraction of sp³-hybridized carbons (Fsp3) is 0.556. The lowest BCUT2D eigenvalue weighted by Gasteiger charge is -2.26. The van der Waals surface area contributed by atoms with Gasteiger partial charge in [-0.05, 0) is 25.3 Å². The molecule has 0 saturated carbocycles. The van der Waals surface area contributed by atoms with Crippen LogP contribution in [0.4, 0.5) is 5.95 Å². The normalized spacial score (nSPS) is 16.5. The van der Waals surface area contributed by atoms with Crippen LogP contribution in [0.2, 0.25) is 0 Å². The molecule has 1 aliphatic heterocycles. The third kappa shape index (κ3) is 2.56. The molecule has 0 spiro atoms. The maximum absolute atomic E-state index is 4.22. The average Bonchev–Trinajstić information content (AvgIpc) is 2.21. The fourth-order valence-corrected chi connectivity index (χ4v) is 1.55. The van der Waals surface area contributed by atoms with Gasteiger partial charge in [0.15, 0.2) is 0 Å². The Morgan fingerprint density at radius 1 is 1.00 bits per heavy atom. The molecular weight excluding hydrogens is 186 g/mol. The van der Waals surface area contributed by atoms with Crippen LogP contribution < -0.4 is 4.90 Å². The summed E-state index contributed by atoms with van der Waals surface area (Å²) in [5.74, 6) is 0.886. The zero-order chi connectivity index (χ0) is 8.23. The van der Waals surface area contributed by atoms with Gasteiger partial charge < -0.3 is 4.90 Å². The SMILES string of the molecule is Cl.c1cnc(N2CCCCC2)nc1. The van der Waals surface area contributed by atoms with Crippen molar-refractivity contribution in [3.8, 4) is 0 Å². The highest BCUT2D eigenvalue weighted by atomic mass is 35.5. The van der Waals surface area contributed by atoms with E-state index in [1.807, 2.05) is 6.07 Å². The summed E-state index contributed by atoms with van der Waals surface area (Å²) in [5.41, 5.74) is 0. The molecule has 1 aromatic rings. The molecule has 72 valence electrons. The van der Waals surface area contributed by atoms with Crippen molar-refractivity contribution in [1.82, 2.24) is 9.97 Å². The van der Waals surface area contributed by atoms with Crippen LogP contribution in [-0.2, 0) is 0 Å². The van der Waals surface area contributed by atoms with Crippen molar-refractivity contribution < 1.29 is 0 Å². The van der Waals surface area contributed by atoms with E-state index in [-0.39, 0.29) is 12.4 Å². The Bertz CT molecular complexity index is 234. The molecule has 0 aliphatic carbocycles. The van der Waals surface area contributed by atoms with Gasteiger partial charge in [0.05, 0.1) is 0 Å². The van der Waals surface area contributed by atoms with Crippen molar-refractivity contribution in [2.24, 2.45) is 0 Å². The third-order valence-electron chi connectivity index (χ3n) is 2.19. The second-order valence-corrected chi connectivity index (χ2v) is 3.10. The van der Waals surface area contributed by atoms with Crippen molar-refractivity contribution in [2.75, 3.05) is 18.0 Å². The molecule has 0 amide bonds. The van der Waals surface area contributed by atoms with E-state index in [9.17, 15) is 0 Å². The molecule has 0 N–H and O–H groups in total. The predicted molar refractivity (Wildman–Crippen MR) is 55.3 cm³/mol. The first-order valence-corrected chi connectivity index (χ1v) is 4.49. The fourth-order valence-electron chi connectivity index (χ4n) is 1.55. The summed E-state index contributed by atoms with van der Waals surface area (Å²) in [6.45, 7) is 2.23. The van der Waals surface area contributed by atoms with E-state index in [4.69, 9.17) is 0 Å². The van der Waals surface area contributed by atoms with Gasteiger partial charge >= 0.3 is 0 Å². The Morgan fingerprint density at radius 3 is 2.23 bits per heavy atom. The summed E-state index contributed by atoms with van der Waals surface area (Å²) >= 11 is 0. The van der Waals surface area contributed by atoms with Gasteiger partial charge in [0, 0.05) is 25.5 Å². The Balaban J connectivity index is 0.000000845. The topological polar surface area (TPSA) is 29.0 Å². The van der Waals surface area contributed by atoms with Crippen LogP contribution in [0.1, 0.15) is 19.3 Å². The molecule has 3 nitrogen and oxygen atoms in total. The highest BCUT2D eigenvalue weighted by molar-refractivity contribution is 5.85. The first-order chi connectivity index (χ1) is 5.97. The number of halogens is 1. The van der Waals surface area contributed by atoms with Gasteiger partial charge in [-0.3, -0.25) is 0 Å². The molecule has 4 heteroatoms. The maximum atomic E-state index is 4.22. The second kappa shape index (κ2) is 5.02. The highest BCUT2D eigenvalue weighted by Crippen LogP contribution is 2.13. The molecule has 0 unspecified atom stereocenters. The van der Waals surface area contributed by atoms with E-state index in [0.29, 0.717) is 0 Å². The van der Waals surface area contributed by atoms with Crippen LogP contribution in [0.5, 0.6) is 0 Å². The van der Waals surface area contributed by atoms with Gasteiger partial charge in [-0.15, -0.1) is 12.4 Å². The van der Waals surface area contributed by atoms with Crippen molar-refractivity contribution in [3.63, 3.8) is 0 Å². The van der Waals surface area contributed by atoms with Crippen molar-refractivity contribution in [1.29, 1.82) is 0 Å². The number of hydrogen-bond donors (Lipinski definition) is 0. The van der Waals surface area contributed by atoms with Crippen LogP contribution in [0.15, 0.2) is 18.5 Å². The maximum Gasteiger partial charge on any atom is 0.225 e. The average molecular weight is 200 g/mol. The van der Waals surface area contributed by atoms with E-state index in [1.54, 1.807) is 12.4 Å². The molecule has 2 rings (SSSR count). The zero-order valence-corrected chi connectivity index (χ0v) is 8.33. The number of hydrogen-bond acceptors (Lipinski definition) is 3. The lowest BCUT2D eigenvalue weighted by atomic mass is 10.1. The van der Waals surface area contributed by atoms with Crippen LogP contribution in [0, 0.1) is 0 Å². The smallest absolute Gasteiger partial charge is 0.225 e. The molecule has 1 aliphatic rings. The summed E-state index contributed by atoms with van der Waals surface area (Å²) in [6, 6.07) is 1.85. The van der Waals surface area contributed by atoms with Crippen LogP contribution in [0.3, 0.4) is 0 Å². The van der Waals surface area contributed by atoms with Gasteiger partial charge in [-0.1, -0.05) is 0 Å². The number of nitrogens with zero attached hydrogens (tertiary/aromatic N) is 3. The number of aromatic nitrogens is 2. The van der Waals surface area contributed by atoms with Crippen LogP contribution in [-0.4, -0.2) is 23.1 Å². The first-order valence-electron chi connectivity index (χ1n) is 4.49. The summed E-state index contributed by atoms with van der Waals surface area (Å²) in [4.78, 5) is 10.7. The molecule has 13 heavy (non-hydrogen) atoms. The second-order valence-electron chi connectivity index (χ2n) is 3.10. The van der Waals surface area contributed by atoms with E-state index in [1.165, 1.54) is 19.3 Å². The standard InChI is InChI=1S/C9H13N3.ClH/c1-2-7-12(8-3-1)9-10-5-4-6-11-9;/h4-6H,1-3,7-8H2;1H. The molecule has 2 heterocycles. The van der Waals surface area contributed by atoms with Gasteiger partial charge in [0.2, 0.25) is 5.95 Å². The van der Waals surface area contributed by atoms with E-state index in [0.717, 1.165) is 19.0 Å². The van der Waals surface area contributed by atoms with E-state index < -0.39 is 0 Å². The zero-order valence-electron chi connectivity index (χ0n) is 7.52. The van der Waals surface area contributed by atoms with Gasteiger partial charge in [-0.2, -0.15) is 0 Å². The van der Waals surface area contributed by atoms with E-state index in [2.05, 4.69) is 14.9 Å². The Kier molecular flexibility index (Phi) is 3.96. The number of piperidine rings is 1. The van der Waals surface area contributed by atoms with Gasteiger partial charge in [0.25, 0.3) is 0 Å². The lowest BCUT2D eigenvalue weighted by molar-refractivity contribution is 0.568. The Hall–Kier alpha value is -0.830. The molecule has 0 atom stereocenters. The van der Waals surface area contributed by atoms with E-state index >= 15 is 0 Å². The number of anilines is 1. The highest BCUT2D eigenvalue weighted by Gasteiger charge is 2.11. The molecule has 0 aromatic carbocycles. The quantitative estimate of drug-likeness (QED) is 0.692. The Labute approximate surface area is 84.6 Å². The minimum absolute atomic E-state index is 0. The van der Waals surface area contributed by atoms with Gasteiger partial charge in [0.1, 0.15) is 0 Å². The summed E-state index contributed by atoms with van der Waals surface area (Å²) < 4.78 is 0. The minimum Gasteiger partial charge on any atom is -0.341 e. The third-order valence-corrected chi connectivity index (χ3v) is 2.19. The first kappa shape index (κ1) is 10.3. The molecule has 0 radical (unpaired) electrons. The number of rotatable bonds is 1. The summed E-state index contributed by atoms with van der Waals surface area (Å²) in [7, 11) is 0. The largest absolute Gasteiger partial charge is 0.341 e. The molecule has 1 saturated heterocycles. The van der Waals surface area contributed by atoms with Crippen molar-refractivity contribution in [2.45, 2.75) is 19.3 Å². The molecule has 1 aromatic heterocycles. The van der Waals surface area contributed by atoms with Crippen LogP contribution >= 0.6 is 12.4 Å². The molecule has 0 bridgehead atoms. The summed E-state index contributed by atoms with van der Waals surface area (Å²) in [6.07, 6.45) is 7.51. The molecular formula is C9H14ClN3. The Morgan fingerprint density at radius 2 is 1.62 bits per heavy atom. The van der Waals surface area contributed by atoms with Crippen molar-refractivity contribution >= 4 is 18.4 Å². The monoisotopic (exact) mass is 199 g/mol. The lowest BCUT2D eigenvalue weighted by Crippen LogP contribution is -2.30. The van der Waals surface area contributed by atoms with Crippen molar-refractivity contribution in [3.05, 3.63) is 18.5 Å². The predicted octanol–water partition coefficient (Wildman–Crippen LogP) is 1.89. The molecule has 1 fully saturated rings.